The zero-order valence-electron chi connectivity index (χ0n) is 12.6. The lowest BCUT2D eigenvalue weighted by atomic mass is 9.95. The lowest BCUT2D eigenvalue weighted by Gasteiger charge is -2.40. The lowest BCUT2D eigenvalue weighted by molar-refractivity contribution is 0.424. The van der Waals surface area contributed by atoms with Gasteiger partial charge >= 0.3 is 0 Å². The summed E-state index contributed by atoms with van der Waals surface area (Å²) in [5, 5.41) is 12.1. The molecule has 2 aromatic rings. The quantitative estimate of drug-likeness (QED) is 0.926. The van der Waals surface area contributed by atoms with Gasteiger partial charge in [-0.25, -0.2) is 9.97 Å². The van der Waals surface area contributed by atoms with Crippen molar-refractivity contribution in [1.82, 2.24) is 20.2 Å². The number of anilines is 2. The third-order valence-corrected chi connectivity index (χ3v) is 4.45. The van der Waals surface area contributed by atoms with Gasteiger partial charge in [0.2, 0.25) is 5.95 Å². The molecule has 1 N–H and O–H groups in total. The van der Waals surface area contributed by atoms with Crippen LogP contribution in [0.1, 0.15) is 24.1 Å². The van der Waals surface area contributed by atoms with Gasteiger partial charge in [0, 0.05) is 37.9 Å². The van der Waals surface area contributed by atoms with Gasteiger partial charge in [-0.15, -0.1) is 5.10 Å². The summed E-state index contributed by atoms with van der Waals surface area (Å²) >= 11 is 0. The van der Waals surface area contributed by atoms with E-state index in [1.807, 2.05) is 6.07 Å². The highest BCUT2D eigenvalue weighted by atomic mass is 15.3. The van der Waals surface area contributed by atoms with Gasteiger partial charge in [-0.3, -0.25) is 0 Å². The Labute approximate surface area is 130 Å². The van der Waals surface area contributed by atoms with Crippen molar-refractivity contribution >= 4 is 11.8 Å². The topological polar surface area (TPSA) is 66.8 Å². The molecule has 0 amide bonds. The van der Waals surface area contributed by atoms with Crippen LogP contribution >= 0.6 is 0 Å². The fourth-order valence-electron chi connectivity index (χ4n) is 3.15. The molecule has 1 fully saturated rings. The fourth-order valence-corrected chi connectivity index (χ4v) is 3.15. The van der Waals surface area contributed by atoms with Crippen LogP contribution in [0.15, 0.2) is 24.5 Å². The molecule has 0 atom stereocenters. The molecule has 0 saturated carbocycles. The number of aromatic nitrogens is 4. The maximum Gasteiger partial charge on any atom is 0.222 e. The normalized spacial score (nSPS) is 17.7. The molecular weight excluding hydrogens is 276 g/mol. The van der Waals surface area contributed by atoms with Crippen LogP contribution < -0.4 is 10.2 Å². The summed E-state index contributed by atoms with van der Waals surface area (Å²) in [5.74, 6) is 2.35. The molecule has 22 heavy (non-hydrogen) atoms. The number of nitrogens with one attached hydrogen (secondary N) is 1. The molecular formula is C16H20N6. The van der Waals surface area contributed by atoms with E-state index < -0.39 is 0 Å². The molecule has 2 aromatic heterocycles. The molecule has 0 radical (unpaired) electrons. The smallest absolute Gasteiger partial charge is 0.222 e. The largest absolute Gasteiger partial charge is 0.354 e. The van der Waals surface area contributed by atoms with Crippen LogP contribution in [0.4, 0.5) is 11.8 Å². The van der Waals surface area contributed by atoms with Crippen molar-refractivity contribution in [3.8, 4) is 0 Å². The Hall–Kier alpha value is -2.24. The molecule has 6 heteroatoms. The molecule has 1 saturated heterocycles. The molecule has 0 spiro atoms. The molecule has 6 nitrogen and oxygen atoms in total. The van der Waals surface area contributed by atoms with Gasteiger partial charge in [0.1, 0.15) is 0 Å². The molecule has 3 heterocycles. The Bertz CT molecular complexity index is 638. The SMILES string of the molecule is c1cnc(NCC2CN(c3cc4c(nn3)CCCC4)C2)nc1. The number of fused-ring (bicyclic) bond motifs is 1. The van der Waals surface area contributed by atoms with E-state index in [2.05, 4.69) is 36.4 Å². The summed E-state index contributed by atoms with van der Waals surface area (Å²) in [7, 11) is 0. The van der Waals surface area contributed by atoms with Crippen LogP contribution in [0, 0.1) is 5.92 Å². The zero-order chi connectivity index (χ0) is 14.8. The second-order valence-electron chi connectivity index (χ2n) is 6.11. The zero-order valence-corrected chi connectivity index (χ0v) is 12.6. The first-order valence-electron chi connectivity index (χ1n) is 8.00. The van der Waals surface area contributed by atoms with E-state index in [0.717, 1.165) is 38.3 Å². The highest BCUT2D eigenvalue weighted by Crippen LogP contribution is 2.26. The number of hydrogen-bond donors (Lipinski definition) is 1. The van der Waals surface area contributed by atoms with E-state index >= 15 is 0 Å². The van der Waals surface area contributed by atoms with Gasteiger partial charge in [0.25, 0.3) is 0 Å². The van der Waals surface area contributed by atoms with Crippen molar-refractivity contribution in [2.45, 2.75) is 25.7 Å². The van der Waals surface area contributed by atoms with E-state index in [-0.39, 0.29) is 0 Å². The van der Waals surface area contributed by atoms with Gasteiger partial charge in [-0.05, 0) is 43.4 Å². The number of hydrogen-bond acceptors (Lipinski definition) is 6. The van der Waals surface area contributed by atoms with Crippen molar-refractivity contribution in [3.63, 3.8) is 0 Å². The maximum atomic E-state index is 4.41. The van der Waals surface area contributed by atoms with Crippen LogP contribution in [0.2, 0.25) is 0 Å². The first-order valence-corrected chi connectivity index (χ1v) is 8.00. The Morgan fingerprint density at radius 1 is 1.09 bits per heavy atom. The number of rotatable bonds is 4. The van der Waals surface area contributed by atoms with E-state index in [0.29, 0.717) is 11.9 Å². The Kier molecular flexibility index (Phi) is 3.58. The van der Waals surface area contributed by atoms with Gasteiger partial charge in [0.15, 0.2) is 5.82 Å². The third-order valence-electron chi connectivity index (χ3n) is 4.45. The van der Waals surface area contributed by atoms with E-state index in [4.69, 9.17) is 0 Å². The minimum atomic E-state index is 0.613. The molecule has 0 aromatic carbocycles. The second-order valence-corrected chi connectivity index (χ2v) is 6.11. The van der Waals surface area contributed by atoms with Crippen molar-refractivity contribution in [2.75, 3.05) is 29.9 Å². The summed E-state index contributed by atoms with van der Waals surface area (Å²) in [4.78, 5) is 10.7. The van der Waals surface area contributed by atoms with Crippen molar-refractivity contribution in [3.05, 3.63) is 35.8 Å². The maximum absolute atomic E-state index is 4.41. The molecule has 4 rings (SSSR count). The average molecular weight is 296 g/mol. The van der Waals surface area contributed by atoms with Crippen molar-refractivity contribution in [2.24, 2.45) is 5.92 Å². The molecule has 1 aliphatic heterocycles. The van der Waals surface area contributed by atoms with Gasteiger partial charge in [-0.2, -0.15) is 5.10 Å². The van der Waals surface area contributed by atoms with E-state index in [1.165, 1.54) is 24.1 Å². The number of nitrogens with zero attached hydrogens (tertiary/aromatic N) is 5. The molecule has 1 aliphatic carbocycles. The Balaban J connectivity index is 1.31. The van der Waals surface area contributed by atoms with Crippen LogP contribution in [0.5, 0.6) is 0 Å². The predicted octanol–water partition coefficient (Wildman–Crippen LogP) is 1.69. The highest BCUT2D eigenvalue weighted by molar-refractivity contribution is 5.45. The monoisotopic (exact) mass is 296 g/mol. The molecule has 0 bridgehead atoms. The van der Waals surface area contributed by atoms with Crippen LogP contribution in [0.25, 0.3) is 0 Å². The minimum Gasteiger partial charge on any atom is -0.354 e. The standard InChI is InChI=1S/C16H20N6/c1-2-5-14-13(4-1)8-15(21-20-14)22-10-12(11-22)9-19-16-17-6-3-7-18-16/h3,6-8,12H,1-2,4-5,9-11H2,(H,17,18,19). The molecule has 114 valence electrons. The summed E-state index contributed by atoms with van der Waals surface area (Å²) in [6.45, 7) is 2.94. The molecule has 2 aliphatic rings. The Morgan fingerprint density at radius 3 is 2.77 bits per heavy atom. The number of aryl methyl sites for hydroxylation is 2. The predicted molar refractivity (Wildman–Crippen MR) is 84.9 cm³/mol. The van der Waals surface area contributed by atoms with Crippen molar-refractivity contribution in [1.29, 1.82) is 0 Å². The second kappa shape index (κ2) is 5.87. The highest BCUT2D eigenvalue weighted by Gasteiger charge is 2.28. The average Bonchev–Trinajstić information content (AvgIpc) is 2.54. The summed E-state index contributed by atoms with van der Waals surface area (Å²) in [6, 6.07) is 4.07. The van der Waals surface area contributed by atoms with Gasteiger partial charge in [-0.1, -0.05) is 0 Å². The van der Waals surface area contributed by atoms with Crippen LogP contribution in [-0.4, -0.2) is 39.8 Å². The first-order chi connectivity index (χ1) is 10.9. The lowest BCUT2D eigenvalue weighted by Crippen LogP contribution is -2.50. The fraction of sp³-hybridized carbons (Fsp3) is 0.500. The van der Waals surface area contributed by atoms with Gasteiger partial charge in [0.05, 0.1) is 5.69 Å². The Morgan fingerprint density at radius 2 is 1.91 bits per heavy atom. The van der Waals surface area contributed by atoms with E-state index in [1.54, 1.807) is 12.4 Å². The van der Waals surface area contributed by atoms with E-state index in [9.17, 15) is 0 Å². The minimum absolute atomic E-state index is 0.613. The summed E-state index contributed by atoms with van der Waals surface area (Å²) in [6.07, 6.45) is 8.28. The summed E-state index contributed by atoms with van der Waals surface area (Å²) < 4.78 is 0. The first kappa shape index (κ1) is 13.4. The summed E-state index contributed by atoms with van der Waals surface area (Å²) in [5.41, 5.74) is 2.60. The van der Waals surface area contributed by atoms with Crippen molar-refractivity contribution < 1.29 is 0 Å². The molecule has 0 unspecified atom stereocenters. The third kappa shape index (κ3) is 2.73. The van der Waals surface area contributed by atoms with Crippen LogP contribution in [0.3, 0.4) is 0 Å². The van der Waals surface area contributed by atoms with Crippen LogP contribution in [-0.2, 0) is 12.8 Å². The van der Waals surface area contributed by atoms with Gasteiger partial charge < -0.3 is 10.2 Å².